The van der Waals surface area contributed by atoms with Gasteiger partial charge in [0.25, 0.3) is 0 Å². The normalized spacial score (nSPS) is 19.1. The number of aromatic nitrogens is 1. The molecule has 35 heavy (non-hydrogen) atoms. The summed E-state index contributed by atoms with van der Waals surface area (Å²) in [5.74, 6) is -2.63. The lowest BCUT2D eigenvalue weighted by atomic mass is 9.96. The number of nitrogens with one attached hydrogen (secondary N) is 3. The lowest BCUT2D eigenvalue weighted by molar-refractivity contribution is -0.145. The molecule has 6 N–H and O–H groups in total. The van der Waals surface area contributed by atoms with Crippen LogP contribution in [0.4, 0.5) is 0 Å². The van der Waals surface area contributed by atoms with Crippen molar-refractivity contribution >= 4 is 34.6 Å². The minimum absolute atomic E-state index is 0.186. The van der Waals surface area contributed by atoms with Gasteiger partial charge in [-0.3, -0.25) is 19.2 Å². The van der Waals surface area contributed by atoms with Gasteiger partial charge in [-0.25, -0.2) is 0 Å². The van der Waals surface area contributed by atoms with E-state index in [0.717, 1.165) is 16.5 Å². The number of amides is 3. The largest absolute Gasteiger partial charge is 0.480 e. The third kappa shape index (κ3) is 6.00. The second-order valence-corrected chi connectivity index (χ2v) is 9.30. The van der Waals surface area contributed by atoms with Crippen molar-refractivity contribution in [3.05, 3.63) is 36.0 Å². The molecule has 0 spiro atoms. The van der Waals surface area contributed by atoms with E-state index in [0.29, 0.717) is 32.2 Å². The maximum Gasteiger partial charge on any atom is 0.325 e. The minimum Gasteiger partial charge on any atom is -0.480 e. The predicted octanol–water partition coefficient (Wildman–Crippen LogP) is 1.15. The number of H-pyrrole nitrogens is 1. The Labute approximate surface area is 204 Å². The summed E-state index contributed by atoms with van der Waals surface area (Å²) in [6.07, 6.45) is 3.83. The molecule has 2 aromatic rings. The van der Waals surface area contributed by atoms with Crippen LogP contribution in [0.5, 0.6) is 0 Å². The highest BCUT2D eigenvalue weighted by atomic mass is 16.4. The van der Waals surface area contributed by atoms with Crippen LogP contribution in [0.1, 0.15) is 45.6 Å². The minimum atomic E-state index is -1.15. The van der Waals surface area contributed by atoms with Gasteiger partial charge in [0.05, 0.1) is 6.04 Å². The van der Waals surface area contributed by atoms with E-state index in [1.807, 2.05) is 44.3 Å². The van der Waals surface area contributed by atoms with E-state index in [1.165, 1.54) is 11.8 Å². The SMILES string of the molecule is CCC(C)C(NC(=O)C(N)Cc1c[nH]c2ccccc12)C(=O)N1CCCC1C(=O)NC(C)C(=O)O. The number of nitrogens with two attached hydrogens (primary N) is 1. The summed E-state index contributed by atoms with van der Waals surface area (Å²) in [5.41, 5.74) is 8.10. The lowest BCUT2D eigenvalue weighted by Crippen LogP contribution is -2.58. The molecule has 3 amide bonds. The molecule has 5 unspecified atom stereocenters. The number of carbonyl (C=O) groups excluding carboxylic acids is 3. The van der Waals surface area contributed by atoms with Crippen molar-refractivity contribution in [3.63, 3.8) is 0 Å². The van der Waals surface area contributed by atoms with Crippen LogP contribution in [0.2, 0.25) is 0 Å². The van der Waals surface area contributed by atoms with E-state index in [-0.39, 0.29) is 11.8 Å². The summed E-state index contributed by atoms with van der Waals surface area (Å²) in [7, 11) is 0. The van der Waals surface area contributed by atoms with E-state index in [4.69, 9.17) is 10.8 Å². The van der Waals surface area contributed by atoms with Crippen molar-refractivity contribution in [1.82, 2.24) is 20.5 Å². The summed E-state index contributed by atoms with van der Waals surface area (Å²) in [6.45, 7) is 5.53. The number of hydrogen-bond acceptors (Lipinski definition) is 5. The number of benzene rings is 1. The molecule has 3 rings (SSSR count). The highest BCUT2D eigenvalue weighted by Gasteiger charge is 2.40. The van der Waals surface area contributed by atoms with Gasteiger partial charge >= 0.3 is 5.97 Å². The fourth-order valence-corrected chi connectivity index (χ4v) is 4.43. The van der Waals surface area contributed by atoms with Crippen LogP contribution in [-0.4, -0.2) is 69.4 Å². The Bertz CT molecular complexity index is 1080. The van der Waals surface area contributed by atoms with Crippen LogP contribution in [-0.2, 0) is 25.6 Å². The van der Waals surface area contributed by atoms with Gasteiger partial charge < -0.3 is 31.4 Å². The van der Waals surface area contributed by atoms with Crippen LogP contribution >= 0.6 is 0 Å². The maximum atomic E-state index is 13.5. The lowest BCUT2D eigenvalue weighted by Gasteiger charge is -2.32. The molecule has 1 aromatic carbocycles. The average molecular weight is 486 g/mol. The number of carboxylic acid groups (broad SMARTS) is 1. The molecule has 1 aliphatic rings. The second kappa shape index (κ2) is 11.4. The van der Waals surface area contributed by atoms with Gasteiger partial charge in [-0.1, -0.05) is 38.5 Å². The van der Waals surface area contributed by atoms with Crippen molar-refractivity contribution in [2.45, 2.75) is 70.6 Å². The number of carboxylic acids is 1. The van der Waals surface area contributed by atoms with E-state index in [1.54, 1.807) is 0 Å². The number of hydrogen-bond donors (Lipinski definition) is 5. The third-order valence-corrected chi connectivity index (χ3v) is 6.80. The Morgan fingerprint density at radius 3 is 2.60 bits per heavy atom. The smallest absolute Gasteiger partial charge is 0.325 e. The molecule has 0 radical (unpaired) electrons. The number of rotatable bonds is 10. The van der Waals surface area contributed by atoms with Gasteiger partial charge in [-0.15, -0.1) is 0 Å². The first-order valence-electron chi connectivity index (χ1n) is 12.1. The molecule has 10 heteroatoms. The number of fused-ring (bicyclic) bond motifs is 1. The standard InChI is InChI=1S/C25H35N5O5/c1-4-14(2)21(24(33)30-11-7-10-20(30)23(32)28-15(3)25(34)35)29-22(31)18(26)12-16-13-27-19-9-6-5-8-17(16)19/h5-6,8-9,13-15,18,20-21,27H,4,7,10-12,26H2,1-3H3,(H,28,32)(H,29,31)(H,34,35). The summed E-state index contributed by atoms with van der Waals surface area (Å²) < 4.78 is 0. The van der Waals surface area contributed by atoms with Gasteiger partial charge in [-0.2, -0.15) is 0 Å². The molecular weight excluding hydrogens is 450 g/mol. The van der Waals surface area contributed by atoms with Crippen LogP contribution in [0, 0.1) is 5.92 Å². The zero-order valence-corrected chi connectivity index (χ0v) is 20.4. The molecule has 1 fully saturated rings. The van der Waals surface area contributed by atoms with Gasteiger partial charge in [0.15, 0.2) is 0 Å². The zero-order valence-electron chi connectivity index (χ0n) is 20.4. The van der Waals surface area contributed by atoms with Gasteiger partial charge in [0, 0.05) is 23.6 Å². The van der Waals surface area contributed by atoms with E-state index in [9.17, 15) is 19.2 Å². The fraction of sp³-hybridized carbons (Fsp3) is 0.520. The van der Waals surface area contributed by atoms with Gasteiger partial charge in [-0.05, 0) is 43.7 Å². The molecule has 10 nitrogen and oxygen atoms in total. The summed E-state index contributed by atoms with van der Waals surface area (Å²) in [4.78, 5) is 54.9. The molecule has 0 bridgehead atoms. The van der Waals surface area contributed by atoms with Crippen LogP contribution in [0.15, 0.2) is 30.5 Å². The van der Waals surface area contributed by atoms with Crippen LogP contribution in [0.25, 0.3) is 10.9 Å². The Balaban J connectivity index is 1.70. The van der Waals surface area contributed by atoms with Crippen molar-refractivity contribution < 1.29 is 24.3 Å². The van der Waals surface area contributed by atoms with Crippen molar-refractivity contribution in [2.75, 3.05) is 6.54 Å². The Kier molecular flexibility index (Phi) is 8.50. The number of para-hydroxylation sites is 1. The number of aliphatic carboxylic acids is 1. The van der Waals surface area contributed by atoms with E-state index in [2.05, 4.69) is 15.6 Å². The highest BCUT2D eigenvalue weighted by molar-refractivity contribution is 5.95. The second-order valence-electron chi connectivity index (χ2n) is 9.30. The monoisotopic (exact) mass is 485 g/mol. The highest BCUT2D eigenvalue weighted by Crippen LogP contribution is 2.22. The number of carbonyl (C=O) groups is 4. The molecule has 190 valence electrons. The maximum absolute atomic E-state index is 13.5. The number of aromatic amines is 1. The molecule has 1 aliphatic heterocycles. The van der Waals surface area contributed by atoms with Crippen LogP contribution in [0.3, 0.4) is 0 Å². The van der Waals surface area contributed by atoms with Crippen molar-refractivity contribution in [3.8, 4) is 0 Å². The first-order valence-corrected chi connectivity index (χ1v) is 12.1. The van der Waals surface area contributed by atoms with Crippen LogP contribution < -0.4 is 16.4 Å². The number of likely N-dealkylation sites (tertiary alicyclic amines) is 1. The Morgan fingerprint density at radius 1 is 1.20 bits per heavy atom. The summed E-state index contributed by atoms with van der Waals surface area (Å²) in [5, 5.41) is 15.4. The topological polar surface area (TPSA) is 158 Å². The van der Waals surface area contributed by atoms with Crippen molar-refractivity contribution in [2.24, 2.45) is 11.7 Å². The molecule has 1 aromatic heterocycles. The first-order chi connectivity index (χ1) is 16.6. The molecular formula is C25H35N5O5. The quantitative estimate of drug-likeness (QED) is 0.340. The molecule has 0 aliphatic carbocycles. The predicted molar refractivity (Wildman–Crippen MR) is 131 cm³/mol. The first kappa shape index (κ1) is 26.2. The fourth-order valence-electron chi connectivity index (χ4n) is 4.43. The summed E-state index contributed by atoms with van der Waals surface area (Å²) >= 11 is 0. The van der Waals surface area contributed by atoms with Gasteiger partial charge in [0.1, 0.15) is 18.1 Å². The van der Waals surface area contributed by atoms with Gasteiger partial charge in [0.2, 0.25) is 17.7 Å². The third-order valence-electron chi connectivity index (χ3n) is 6.80. The molecule has 2 heterocycles. The Hall–Kier alpha value is -3.40. The molecule has 1 saturated heterocycles. The number of nitrogens with zero attached hydrogens (tertiary/aromatic N) is 1. The van der Waals surface area contributed by atoms with Crippen molar-refractivity contribution in [1.29, 1.82) is 0 Å². The summed E-state index contributed by atoms with van der Waals surface area (Å²) in [6, 6.07) is 4.21. The van der Waals surface area contributed by atoms with E-state index >= 15 is 0 Å². The molecule has 5 atom stereocenters. The Morgan fingerprint density at radius 2 is 1.91 bits per heavy atom. The zero-order chi connectivity index (χ0) is 25.7. The molecule has 0 saturated carbocycles. The van der Waals surface area contributed by atoms with E-state index < -0.39 is 42.0 Å². The average Bonchev–Trinajstić information content (AvgIpc) is 3.49.